The molecule has 1 aliphatic carbocycles. The van der Waals surface area contributed by atoms with E-state index in [1.54, 1.807) is 0 Å². The summed E-state index contributed by atoms with van der Waals surface area (Å²) in [6, 6.07) is 2.92. The van der Waals surface area contributed by atoms with E-state index in [9.17, 15) is 0 Å². The van der Waals surface area contributed by atoms with Crippen LogP contribution in [0.4, 0.5) is 0 Å². The number of likely N-dealkylation sites (tertiary alicyclic amines) is 1. The van der Waals surface area contributed by atoms with Gasteiger partial charge < -0.3 is 14.5 Å². The smallest absolute Gasteiger partial charge is 0.120 e. The second kappa shape index (κ2) is 6.11. The lowest BCUT2D eigenvalue weighted by Crippen LogP contribution is -2.46. The zero-order chi connectivity index (χ0) is 14.9. The van der Waals surface area contributed by atoms with E-state index in [1.807, 2.05) is 7.11 Å². The number of nitrogens with zero attached hydrogens (tertiary/aromatic N) is 1. The van der Waals surface area contributed by atoms with Gasteiger partial charge in [-0.05, 0) is 57.7 Å². The molecule has 1 atom stereocenters. The largest absolute Gasteiger partial charge is 0.463 e. The number of hydrogen-bond donors (Lipinski definition) is 1. The van der Waals surface area contributed by atoms with E-state index in [1.165, 1.54) is 24.8 Å². The van der Waals surface area contributed by atoms with Crippen molar-refractivity contribution in [2.75, 3.05) is 20.2 Å². The summed E-state index contributed by atoms with van der Waals surface area (Å²) in [5.74, 6) is 2.18. The van der Waals surface area contributed by atoms with Crippen LogP contribution in [0.15, 0.2) is 10.5 Å². The lowest BCUT2D eigenvalue weighted by Gasteiger charge is -2.39. The predicted molar refractivity (Wildman–Crippen MR) is 83.2 cm³/mol. The van der Waals surface area contributed by atoms with E-state index >= 15 is 0 Å². The lowest BCUT2D eigenvalue weighted by molar-refractivity contribution is -0.0539. The molecule has 1 aromatic rings. The maximum absolute atomic E-state index is 6.05. The van der Waals surface area contributed by atoms with Crippen LogP contribution in [-0.4, -0.2) is 36.7 Å². The Morgan fingerprint density at radius 3 is 3.00 bits per heavy atom. The molecule has 3 rings (SSSR count). The molecule has 0 aromatic carbocycles. The average Bonchev–Trinajstić information content (AvgIpc) is 3.21. The summed E-state index contributed by atoms with van der Waals surface area (Å²) in [4.78, 5) is 2.45. The van der Waals surface area contributed by atoms with Crippen LogP contribution in [0.5, 0.6) is 0 Å². The Balaban J connectivity index is 1.57. The molecule has 0 bridgehead atoms. The van der Waals surface area contributed by atoms with Crippen LogP contribution in [-0.2, 0) is 17.8 Å². The van der Waals surface area contributed by atoms with Crippen LogP contribution in [0.25, 0.3) is 0 Å². The minimum Gasteiger partial charge on any atom is -0.463 e. The summed E-state index contributed by atoms with van der Waals surface area (Å²) in [7, 11) is 1.82. The molecule has 4 heteroatoms. The predicted octanol–water partition coefficient (Wildman–Crippen LogP) is 2.84. The van der Waals surface area contributed by atoms with Crippen molar-refractivity contribution < 1.29 is 9.15 Å². The Morgan fingerprint density at radius 1 is 1.48 bits per heavy atom. The van der Waals surface area contributed by atoms with Crippen molar-refractivity contribution in [3.05, 3.63) is 23.2 Å². The summed E-state index contributed by atoms with van der Waals surface area (Å²) >= 11 is 0. The molecule has 0 radical (unpaired) electrons. The first kappa shape index (κ1) is 15.1. The maximum Gasteiger partial charge on any atom is 0.120 e. The SMILES string of the molecule is COC1(C)CCCN(Cc2cc(C)c(CNC3CC3)o2)C1. The molecule has 1 saturated heterocycles. The van der Waals surface area contributed by atoms with Gasteiger partial charge in [-0.1, -0.05) is 0 Å². The summed E-state index contributed by atoms with van der Waals surface area (Å²) in [6.45, 7) is 8.23. The molecule has 1 saturated carbocycles. The first-order valence-electron chi connectivity index (χ1n) is 8.17. The maximum atomic E-state index is 6.05. The third-order valence-electron chi connectivity index (χ3n) is 4.81. The summed E-state index contributed by atoms with van der Waals surface area (Å²) < 4.78 is 11.7. The van der Waals surface area contributed by atoms with Crippen LogP contribution < -0.4 is 5.32 Å². The van der Waals surface area contributed by atoms with E-state index in [-0.39, 0.29) is 5.60 Å². The Hall–Kier alpha value is -0.840. The average molecular weight is 292 g/mol. The van der Waals surface area contributed by atoms with Gasteiger partial charge in [0.2, 0.25) is 0 Å². The van der Waals surface area contributed by atoms with E-state index < -0.39 is 0 Å². The standard InChI is InChI=1S/C17H28N2O2/c1-13-9-15(21-16(13)10-18-14-5-6-14)11-19-8-4-7-17(2,12-19)20-3/h9,14,18H,4-8,10-12H2,1-3H3. The second-order valence-corrected chi connectivity index (χ2v) is 6.94. The van der Waals surface area contributed by atoms with Crippen molar-refractivity contribution in [1.29, 1.82) is 0 Å². The first-order chi connectivity index (χ1) is 10.1. The summed E-state index contributed by atoms with van der Waals surface area (Å²) in [5.41, 5.74) is 1.26. The molecule has 21 heavy (non-hydrogen) atoms. The monoisotopic (exact) mass is 292 g/mol. The number of furan rings is 1. The Labute approximate surface area is 127 Å². The number of hydrogen-bond acceptors (Lipinski definition) is 4. The van der Waals surface area contributed by atoms with Gasteiger partial charge >= 0.3 is 0 Å². The minimum atomic E-state index is -0.00372. The van der Waals surface area contributed by atoms with Crippen molar-refractivity contribution in [3.63, 3.8) is 0 Å². The highest BCUT2D eigenvalue weighted by Gasteiger charge is 2.31. The van der Waals surface area contributed by atoms with Gasteiger partial charge in [0.1, 0.15) is 11.5 Å². The highest BCUT2D eigenvalue weighted by molar-refractivity contribution is 5.20. The number of rotatable bonds is 6. The molecule has 0 spiro atoms. The van der Waals surface area contributed by atoms with Crippen LogP contribution >= 0.6 is 0 Å². The number of aryl methyl sites for hydroxylation is 1. The van der Waals surface area contributed by atoms with Crippen molar-refractivity contribution in [2.24, 2.45) is 0 Å². The van der Waals surface area contributed by atoms with Crippen LogP contribution in [0.2, 0.25) is 0 Å². The third kappa shape index (κ3) is 3.87. The Bertz CT molecular complexity index is 481. The summed E-state index contributed by atoms with van der Waals surface area (Å²) in [5, 5.41) is 3.53. The van der Waals surface area contributed by atoms with Crippen LogP contribution in [0, 0.1) is 6.92 Å². The van der Waals surface area contributed by atoms with Crippen molar-refractivity contribution in [1.82, 2.24) is 10.2 Å². The number of methoxy groups -OCH3 is 1. The highest BCUT2D eigenvalue weighted by atomic mass is 16.5. The van der Waals surface area contributed by atoms with E-state index in [2.05, 4.69) is 30.1 Å². The van der Waals surface area contributed by atoms with Crippen molar-refractivity contribution in [2.45, 2.75) is 64.3 Å². The van der Waals surface area contributed by atoms with Gasteiger partial charge in [0.25, 0.3) is 0 Å². The number of piperidine rings is 1. The zero-order valence-corrected chi connectivity index (χ0v) is 13.6. The lowest BCUT2D eigenvalue weighted by atomic mass is 9.95. The highest BCUT2D eigenvalue weighted by Crippen LogP contribution is 2.26. The normalized spacial score (nSPS) is 27.2. The van der Waals surface area contributed by atoms with Crippen molar-refractivity contribution in [3.8, 4) is 0 Å². The van der Waals surface area contributed by atoms with Gasteiger partial charge in [-0.25, -0.2) is 0 Å². The van der Waals surface area contributed by atoms with Gasteiger partial charge in [0.15, 0.2) is 0 Å². The third-order valence-corrected chi connectivity index (χ3v) is 4.81. The molecular formula is C17H28N2O2. The van der Waals surface area contributed by atoms with E-state index in [4.69, 9.17) is 9.15 Å². The molecule has 4 nitrogen and oxygen atoms in total. The zero-order valence-electron chi connectivity index (χ0n) is 13.6. The summed E-state index contributed by atoms with van der Waals surface area (Å²) in [6.07, 6.45) is 4.97. The molecule has 2 fully saturated rings. The molecule has 1 unspecified atom stereocenters. The quantitative estimate of drug-likeness (QED) is 0.875. The van der Waals surface area contributed by atoms with Crippen molar-refractivity contribution >= 4 is 0 Å². The van der Waals surface area contributed by atoms with Gasteiger partial charge in [-0.15, -0.1) is 0 Å². The fraction of sp³-hybridized carbons (Fsp3) is 0.765. The fourth-order valence-corrected chi connectivity index (χ4v) is 3.20. The second-order valence-electron chi connectivity index (χ2n) is 6.94. The molecule has 1 aromatic heterocycles. The molecule has 1 aliphatic heterocycles. The molecule has 2 aliphatic rings. The Kier molecular flexibility index (Phi) is 4.38. The minimum absolute atomic E-state index is 0.00372. The van der Waals surface area contributed by atoms with Gasteiger partial charge in [-0.3, -0.25) is 4.90 Å². The van der Waals surface area contributed by atoms with E-state index in [0.717, 1.165) is 50.2 Å². The van der Waals surface area contributed by atoms with Gasteiger partial charge in [-0.2, -0.15) is 0 Å². The molecule has 118 valence electrons. The fourth-order valence-electron chi connectivity index (χ4n) is 3.20. The number of ether oxygens (including phenoxy) is 1. The molecule has 1 N–H and O–H groups in total. The number of nitrogens with one attached hydrogen (secondary N) is 1. The molecule has 0 amide bonds. The molecular weight excluding hydrogens is 264 g/mol. The van der Waals surface area contributed by atoms with Crippen LogP contribution in [0.3, 0.4) is 0 Å². The van der Waals surface area contributed by atoms with Crippen LogP contribution in [0.1, 0.15) is 49.7 Å². The van der Waals surface area contributed by atoms with E-state index in [0.29, 0.717) is 0 Å². The molecule has 2 heterocycles. The van der Waals surface area contributed by atoms with Gasteiger partial charge in [0, 0.05) is 19.7 Å². The van der Waals surface area contributed by atoms with Gasteiger partial charge in [0.05, 0.1) is 18.7 Å². The Morgan fingerprint density at radius 2 is 2.29 bits per heavy atom. The topological polar surface area (TPSA) is 37.6 Å². The first-order valence-corrected chi connectivity index (χ1v) is 8.17.